The molecule has 30 heavy (non-hydrogen) atoms. The summed E-state index contributed by atoms with van der Waals surface area (Å²) in [5.41, 5.74) is 1.11. The maximum absolute atomic E-state index is 14.0. The van der Waals surface area contributed by atoms with E-state index in [-0.39, 0.29) is 29.9 Å². The van der Waals surface area contributed by atoms with Gasteiger partial charge >= 0.3 is 0 Å². The number of hydrogen-bond donors (Lipinski definition) is 1. The van der Waals surface area contributed by atoms with Gasteiger partial charge in [0.05, 0.1) is 15.8 Å². The molecule has 162 valence electrons. The molecule has 1 atom stereocenters. The summed E-state index contributed by atoms with van der Waals surface area (Å²) in [7, 11) is 1.53. The molecule has 0 fully saturated rings. The Hall–Kier alpha value is -1.47. The Kier molecular flexibility index (Phi) is 9.75. The van der Waals surface area contributed by atoms with Crippen LogP contribution in [0.5, 0.6) is 0 Å². The van der Waals surface area contributed by atoms with Crippen LogP contribution in [-0.4, -0.2) is 35.6 Å². The Morgan fingerprint density at radius 2 is 1.87 bits per heavy atom. The fraction of sp³-hybridized carbons (Fsp3) is 0.333. The van der Waals surface area contributed by atoms with Crippen LogP contribution < -0.4 is 5.32 Å². The molecule has 0 radical (unpaired) electrons. The van der Waals surface area contributed by atoms with Gasteiger partial charge in [-0.05, 0) is 36.2 Å². The average molecular weight is 492 g/mol. The smallest absolute Gasteiger partial charge is 0.242 e. The van der Waals surface area contributed by atoms with Crippen LogP contribution in [0, 0.1) is 5.82 Å². The highest BCUT2D eigenvalue weighted by Gasteiger charge is 2.28. The minimum atomic E-state index is -0.644. The summed E-state index contributed by atoms with van der Waals surface area (Å²) in [4.78, 5) is 26.9. The van der Waals surface area contributed by atoms with Crippen LogP contribution in [0.1, 0.15) is 24.5 Å². The number of halogens is 4. The lowest BCUT2D eigenvalue weighted by molar-refractivity contribution is -0.139. The molecule has 0 unspecified atom stereocenters. The Labute approximate surface area is 195 Å². The largest absolute Gasteiger partial charge is 0.357 e. The van der Waals surface area contributed by atoms with Gasteiger partial charge in [0.15, 0.2) is 0 Å². The lowest BCUT2D eigenvalue weighted by Gasteiger charge is -2.30. The van der Waals surface area contributed by atoms with Crippen molar-refractivity contribution in [1.29, 1.82) is 0 Å². The Morgan fingerprint density at radius 3 is 2.47 bits per heavy atom. The van der Waals surface area contributed by atoms with Crippen molar-refractivity contribution in [1.82, 2.24) is 10.2 Å². The maximum Gasteiger partial charge on any atom is 0.242 e. The summed E-state index contributed by atoms with van der Waals surface area (Å²) in [5, 5.41) is 3.70. The summed E-state index contributed by atoms with van der Waals surface area (Å²) >= 11 is 19.4. The molecule has 1 N–H and O–H groups in total. The third-order valence-corrected chi connectivity index (χ3v) is 6.54. The van der Waals surface area contributed by atoms with Gasteiger partial charge in [-0.25, -0.2) is 4.39 Å². The summed E-state index contributed by atoms with van der Waals surface area (Å²) in [5.74, 6) is -0.595. The maximum atomic E-state index is 14.0. The van der Waals surface area contributed by atoms with E-state index in [4.69, 9.17) is 34.8 Å². The molecule has 2 aromatic carbocycles. The second kappa shape index (κ2) is 11.8. The quantitative estimate of drug-likeness (QED) is 0.499. The van der Waals surface area contributed by atoms with Crippen molar-refractivity contribution in [2.75, 3.05) is 12.8 Å². The molecule has 4 nitrogen and oxygen atoms in total. The SMILES string of the molecule is CC[C@H](C(=O)NC)N(Cc1ccc(Cl)c(Cl)c1)C(=O)CSCc1c(F)cccc1Cl. The number of hydrogen-bond acceptors (Lipinski definition) is 3. The van der Waals surface area contributed by atoms with Crippen molar-refractivity contribution in [2.24, 2.45) is 0 Å². The first-order chi connectivity index (χ1) is 14.3. The zero-order valence-electron chi connectivity index (χ0n) is 16.6. The van der Waals surface area contributed by atoms with E-state index in [9.17, 15) is 14.0 Å². The Bertz CT molecular complexity index is 894. The molecule has 2 aromatic rings. The number of likely N-dealkylation sites (N-methyl/N-ethyl adjacent to an activating group) is 1. The van der Waals surface area contributed by atoms with Gasteiger partial charge in [0.2, 0.25) is 11.8 Å². The highest BCUT2D eigenvalue weighted by molar-refractivity contribution is 7.99. The number of carbonyl (C=O) groups is 2. The van der Waals surface area contributed by atoms with Crippen molar-refractivity contribution in [3.05, 3.63) is 68.4 Å². The first-order valence-corrected chi connectivity index (χ1v) is 11.5. The van der Waals surface area contributed by atoms with E-state index >= 15 is 0 Å². The van der Waals surface area contributed by atoms with Gasteiger partial charge in [0, 0.05) is 29.9 Å². The molecule has 0 spiro atoms. The lowest BCUT2D eigenvalue weighted by atomic mass is 10.1. The highest BCUT2D eigenvalue weighted by atomic mass is 35.5. The van der Waals surface area contributed by atoms with E-state index in [1.54, 1.807) is 24.3 Å². The van der Waals surface area contributed by atoms with Gasteiger partial charge < -0.3 is 10.2 Å². The third kappa shape index (κ3) is 6.51. The second-order valence-electron chi connectivity index (χ2n) is 6.50. The number of benzene rings is 2. The predicted octanol–water partition coefficient (Wildman–Crippen LogP) is 5.57. The van der Waals surface area contributed by atoms with Gasteiger partial charge in [0.1, 0.15) is 11.9 Å². The van der Waals surface area contributed by atoms with E-state index in [2.05, 4.69) is 5.32 Å². The van der Waals surface area contributed by atoms with Crippen LogP contribution in [0.4, 0.5) is 4.39 Å². The molecule has 2 rings (SSSR count). The lowest BCUT2D eigenvalue weighted by Crippen LogP contribution is -2.48. The minimum Gasteiger partial charge on any atom is -0.357 e. The van der Waals surface area contributed by atoms with Gasteiger partial charge in [-0.15, -0.1) is 11.8 Å². The predicted molar refractivity (Wildman–Crippen MR) is 123 cm³/mol. The van der Waals surface area contributed by atoms with E-state index < -0.39 is 11.9 Å². The molecule has 0 bridgehead atoms. The average Bonchev–Trinajstić information content (AvgIpc) is 2.72. The van der Waals surface area contributed by atoms with Crippen LogP contribution in [0.25, 0.3) is 0 Å². The van der Waals surface area contributed by atoms with Gasteiger partial charge in [-0.2, -0.15) is 0 Å². The summed E-state index contributed by atoms with van der Waals surface area (Å²) in [6.45, 7) is 2.03. The zero-order chi connectivity index (χ0) is 22.3. The summed E-state index contributed by atoms with van der Waals surface area (Å²) in [6, 6.07) is 8.92. The standard InChI is InChI=1S/C21H22Cl3FN2O2S/c1-3-19(21(29)26-2)27(10-13-7-8-16(23)17(24)9-13)20(28)12-30-11-14-15(22)5-4-6-18(14)25/h4-9,19H,3,10-12H2,1-2H3,(H,26,29)/t19-/m1/s1. The number of nitrogens with zero attached hydrogens (tertiary/aromatic N) is 1. The third-order valence-electron chi connectivity index (χ3n) is 4.50. The summed E-state index contributed by atoms with van der Waals surface area (Å²) < 4.78 is 14.0. The van der Waals surface area contributed by atoms with Gasteiger partial charge in [-0.3, -0.25) is 9.59 Å². The molecule has 0 aliphatic heterocycles. The number of nitrogens with one attached hydrogen (secondary N) is 1. The molecule has 0 aromatic heterocycles. The fourth-order valence-corrected chi connectivity index (χ4v) is 4.48. The van der Waals surface area contributed by atoms with E-state index in [1.165, 1.54) is 35.8 Å². The Balaban J connectivity index is 2.16. The first-order valence-electron chi connectivity index (χ1n) is 9.24. The Morgan fingerprint density at radius 1 is 1.13 bits per heavy atom. The van der Waals surface area contributed by atoms with Crippen LogP contribution in [0.15, 0.2) is 36.4 Å². The van der Waals surface area contributed by atoms with Crippen molar-refractivity contribution in [3.63, 3.8) is 0 Å². The zero-order valence-corrected chi connectivity index (χ0v) is 19.6. The van der Waals surface area contributed by atoms with Crippen molar-refractivity contribution in [3.8, 4) is 0 Å². The minimum absolute atomic E-state index is 0.0689. The molecule has 0 saturated heterocycles. The number of carbonyl (C=O) groups excluding carboxylic acids is 2. The monoisotopic (exact) mass is 490 g/mol. The topological polar surface area (TPSA) is 49.4 Å². The van der Waals surface area contributed by atoms with Crippen LogP contribution in [0.2, 0.25) is 15.1 Å². The van der Waals surface area contributed by atoms with Crippen LogP contribution in [0.3, 0.4) is 0 Å². The van der Waals surface area contributed by atoms with E-state index in [1.807, 2.05) is 6.92 Å². The van der Waals surface area contributed by atoms with Gasteiger partial charge in [-0.1, -0.05) is 53.9 Å². The van der Waals surface area contributed by atoms with Crippen molar-refractivity contribution < 1.29 is 14.0 Å². The molecule has 0 aliphatic rings. The molecule has 0 saturated carbocycles. The molecular weight excluding hydrogens is 470 g/mol. The number of amides is 2. The van der Waals surface area contributed by atoms with Crippen molar-refractivity contribution >= 4 is 58.4 Å². The van der Waals surface area contributed by atoms with Gasteiger partial charge in [0.25, 0.3) is 0 Å². The fourth-order valence-electron chi connectivity index (χ4n) is 2.91. The van der Waals surface area contributed by atoms with E-state index in [0.717, 1.165) is 5.56 Å². The van der Waals surface area contributed by atoms with Crippen LogP contribution in [-0.2, 0) is 21.9 Å². The molecular formula is C21H22Cl3FN2O2S. The molecule has 0 heterocycles. The molecule has 9 heteroatoms. The number of rotatable bonds is 9. The van der Waals surface area contributed by atoms with Crippen LogP contribution >= 0.6 is 46.6 Å². The second-order valence-corrected chi connectivity index (χ2v) is 8.71. The number of thioether (sulfide) groups is 1. The first kappa shape index (κ1) is 24.8. The normalized spacial score (nSPS) is 11.8. The van der Waals surface area contributed by atoms with E-state index in [0.29, 0.717) is 27.1 Å². The summed E-state index contributed by atoms with van der Waals surface area (Å²) in [6.07, 6.45) is 0.441. The van der Waals surface area contributed by atoms with Crippen molar-refractivity contribution in [2.45, 2.75) is 31.7 Å². The molecule has 2 amide bonds. The molecule has 0 aliphatic carbocycles. The highest BCUT2D eigenvalue weighted by Crippen LogP contribution is 2.26.